The van der Waals surface area contributed by atoms with Gasteiger partial charge in [-0.1, -0.05) is 6.07 Å². The van der Waals surface area contributed by atoms with Crippen LogP contribution in [0.4, 0.5) is 0 Å². The molecule has 1 aromatic carbocycles. The first-order valence-electron chi connectivity index (χ1n) is 10.6. The van der Waals surface area contributed by atoms with Crippen LogP contribution in [0.15, 0.2) is 17.1 Å². The average molecular weight is 368 g/mol. The first kappa shape index (κ1) is 16.4. The monoisotopic (exact) mass is 368 g/mol. The molecule has 6 rings (SSSR count). The Morgan fingerprint density at radius 1 is 1.30 bits per heavy atom. The third-order valence-corrected chi connectivity index (χ3v) is 7.94. The van der Waals surface area contributed by atoms with E-state index in [4.69, 9.17) is 9.73 Å². The molecule has 4 atom stereocenters. The van der Waals surface area contributed by atoms with Gasteiger partial charge in [-0.05, 0) is 69.5 Å². The van der Waals surface area contributed by atoms with Crippen molar-refractivity contribution in [1.82, 2.24) is 4.90 Å². The number of aliphatic imine (C=N–C) groups is 1. The van der Waals surface area contributed by atoms with Gasteiger partial charge in [0.1, 0.15) is 6.10 Å². The fourth-order valence-electron chi connectivity index (χ4n) is 6.65. The molecule has 144 valence electrons. The van der Waals surface area contributed by atoms with Gasteiger partial charge >= 0.3 is 0 Å². The molecule has 3 aliphatic carbocycles. The molecule has 2 heterocycles. The molecular formula is C22H28N2O3. The molecule has 5 aliphatic rings. The second kappa shape index (κ2) is 5.26. The number of piperidine rings is 1. The number of phenols is 1. The van der Waals surface area contributed by atoms with E-state index in [2.05, 4.69) is 17.9 Å². The smallest absolute Gasteiger partial charge is 0.166 e. The molecular weight excluding hydrogens is 340 g/mol. The molecule has 5 nitrogen and oxygen atoms in total. The van der Waals surface area contributed by atoms with Crippen molar-refractivity contribution in [3.05, 3.63) is 23.3 Å². The summed E-state index contributed by atoms with van der Waals surface area (Å²) in [5.41, 5.74) is 2.15. The molecule has 0 unspecified atom stereocenters. The lowest BCUT2D eigenvalue weighted by molar-refractivity contribution is -0.166. The molecule has 2 bridgehead atoms. The zero-order chi connectivity index (χ0) is 18.4. The van der Waals surface area contributed by atoms with E-state index in [9.17, 15) is 10.2 Å². The first-order valence-corrected chi connectivity index (χ1v) is 10.6. The summed E-state index contributed by atoms with van der Waals surface area (Å²) >= 11 is 0. The van der Waals surface area contributed by atoms with E-state index in [0.29, 0.717) is 5.75 Å². The molecule has 1 aromatic rings. The number of hydrogen-bond acceptors (Lipinski definition) is 5. The normalized spacial score (nSPS) is 40.7. The lowest BCUT2D eigenvalue weighted by Crippen LogP contribution is -2.76. The van der Waals surface area contributed by atoms with Crippen molar-refractivity contribution < 1.29 is 14.9 Å². The van der Waals surface area contributed by atoms with Gasteiger partial charge in [0.05, 0.1) is 16.7 Å². The Bertz CT molecular complexity index is 848. The molecule has 1 saturated heterocycles. The van der Waals surface area contributed by atoms with Crippen LogP contribution in [0, 0.1) is 5.92 Å². The lowest BCUT2D eigenvalue weighted by atomic mass is 9.49. The van der Waals surface area contributed by atoms with Crippen LogP contribution in [0.1, 0.15) is 50.2 Å². The molecule has 0 amide bonds. The highest BCUT2D eigenvalue weighted by Crippen LogP contribution is 2.65. The summed E-state index contributed by atoms with van der Waals surface area (Å²) in [6.45, 7) is 4.90. The number of likely N-dealkylation sites (tertiary alicyclic amines) is 1. The van der Waals surface area contributed by atoms with Crippen molar-refractivity contribution in [3.8, 4) is 11.5 Å². The Hall–Kier alpha value is -1.59. The van der Waals surface area contributed by atoms with Gasteiger partial charge in [-0.2, -0.15) is 0 Å². The third-order valence-electron chi connectivity index (χ3n) is 7.94. The van der Waals surface area contributed by atoms with E-state index in [-0.39, 0.29) is 17.9 Å². The summed E-state index contributed by atoms with van der Waals surface area (Å²) in [5, 5.41) is 22.8. The van der Waals surface area contributed by atoms with Gasteiger partial charge in [-0.25, -0.2) is 0 Å². The van der Waals surface area contributed by atoms with Crippen molar-refractivity contribution in [2.75, 3.05) is 19.6 Å². The summed E-state index contributed by atoms with van der Waals surface area (Å²) in [4.78, 5) is 7.33. The van der Waals surface area contributed by atoms with E-state index >= 15 is 0 Å². The molecule has 0 radical (unpaired) electrons. The maximum atomic E-state index is 12.2. The molecule has 2 saturated carbocycles. The lowest BCUT2D eigenvalue weighted by Gasteiger charge is -2.63. The minimum absolute atomic E-state index is 0.143. The van der Waals surface area contributed by atoms with Gasteiger partial charge in [0, 0.05) is 24.7 Å². The van der Waals surface area contributed by atoms with E-state index < -0.39 is 11.0 Å². The van der Waals surface area contributed by atoms with Crippen molar-refractivity contribution in [2.45, 2.75) is 68.6 Å². The van der Waals surface area contributed by atoms with Gasteiger partial charge in [0.2, 0.25) is 0 Å². The molecule has 5 heteroatoms. The summed E-state index contributed by atoms with van der Waals surface area (Å²) in [6.07, 6.45) is 5.69. The van der Waals surface area contributed by atoms with Gasteiger partial charge in [-0.15, -0.1) is 0 Å². The van der Waals surface area contributed by atoms with Crippen molar-refractivity contribution in [1.29, 1.82) is 0 Å². The largest absolute Gasteiger partial charge is 0.504 e. The van der Waals surface area contributed by atoms with Crippen LogP contribution in [0.5, 0.6) is 11.5 Å². The maximum Gasteiger partial charge on any atom is 0.166 e. The van der Waals surface area contributed by atoms with Crippen LogP contribution in [-0.2, 0) is 11.8 Å². The van der Waals surface area contributed by atoms with Crippen LogP contribution in [0.3, 0.4) is 0 Å². The summed E-state index contributed by atoms with van der Waals surface area (Å²) in [5.74, 6) is 1.63. The highest BCUT2D eigenvalue weighted by Gasteiger charge is 2.72. The SMILES string of the molecule is CCN=C1CC[C@@]2(O)[C@H]3Cc4ccc(O)c5c4[C@@]2(CCN3CC2CC2)[C@H]1O5. The Morgan fingerprint density at radius 3 is 2.93 bits per heavy atom. The van der Waals surface area contributed by atoms with Crippen LogP contribution in [0.25, 0.3) is 0 Å². The molecule has 1 spiro atoms. The van der Waals surface area contributed by atoms with Crippen LogP contribution >= 0.6 is 0 Å². The zero-order valence-electron chi connectivity index (χ0n) is 15.9. The van der Waals surface area contributed by atoms with E-state index in [1.807, 2.05) is 0 Å². The van der Waals surface area contributed by atoms with Gasteiger partial charge in [0.15, 0.2) is 11.5 Å². The summed E-state index contributed by atoms with van der Waals surface area (Å²) in [7, 11) is 0. The van der Waals surface area contributed by atoms with Gasteiger partial charge < -0.3 is 14.9 Å². The second-order valence-corrected chi connectivity index (χ2v) is 9.22. The number of hydrogen-bond donors (Lipinski definition) is 2. The van der Waals surface area contributed by atoms with E-state index in [1.165, 1.54) is 18.4 Å². The molecule has 2 aliphatic heterocycles. The Morgan fingerprint density at radius 2 is 2.15 bits per heavy atom. The van der Waals surface area contributed by atoms with Crippen LogP contribution in [-0.4, -0.2) is 58.2 Å². The van der Waals surface area contributed by atoms with Crippen molar-refractivity contribution in [2.24, 2.45) is 10.9 Å². The van der Waals surface area contributed by atoms with Crippen LogP contribution in [0.2, 0.25) is 0 Å². The minimum atomic E-state index is -0.802. The van der Waals surface area contributed by atoms with Crippen LogP contribution < -0.4 is 4.74 Å². The summed E-state index contributed by atoms with van der Waals surface area (Å²) < 4.78 is 6.41. The number of phenolic OH excluding ortho intramolecular Hbond substituents is 1. The second-order valence-electron chi connectivity index (χ2n) is 9.22. The Labute approximate surface area is 160 Å². The highest BCUT2D eigenvalue weighted by molar-refractivity contribution is 5.94. The molecule has 2 N–H and O–H groups in total. The fraction of sp³-hybridized carbons (Fsp3) is 0.682. The fourth-order valence-corrected chi connectivity index (χ4v) is 6.65. The first-order chi connectivity index (χ1) is 13.1. The number of aliphatic hydroxyl groups is 1. The molecule has 0 aromatic heterocycles. The number of nitrogens with zero attached hydrogens (tertiary/aromatic N) is 2. The molecule has 3 fully saturated rings. The standard InChI is InChI=1S/C22H28N2O3/c1-2-23-15-7-8-22(26)17-11-14-5-6-16(25)19-18(14)21(22,20(15)27-19)9-10-24(17)12-13-3-4-13/h5-6,13,17,20,25-26H,2-4,7-12H2,1H3/t17-,20+,21+,22-/m1/s1. The predicted molar refractivity (Wildman–Crippen MR) is 103 cm³/mol. The molecule has 27 heavy (non-hydrogen) atoms. The van der Waals surface area contributed by atoms with Gasteiger partial charge in [0.25, 0.3) is 0 Å². The topological polar surface area (TPSA) is 65.3 Å². The zero-order valence-corrected chi connectivity index (χ0v) is 15.9. The average Bonchev–Trinajstić information content (AvgIpc) is 3.39. The Kier molecular flexibility index (Phi) is 3.19. The minimum Gasteiger partial charge on any atom is -0.504 e. The summed E-state index contributed by atoms with van der Waals surface area (Å²) in [6, 6.07) is 3.97. The van der Waals surface area contributed by atoms with Crippen molar-refractivity contribution in [3.63, 3.8) is 0 Å². The number of benzene rings is 1. The quantitative estimate of drug-likeness (QED) is 0.860. The number of aromatic hydroxyl groups is 1. The van der Waals surface area contributed by atoms with E-state index in [0.717, 1.165) is 62.5 Å². The van der Waals surface area contributed by atoms with Gasteiger partial charge in [-0.3, -0.25) is 9.89 Å². The van der Waals surface area contributed by atoms with E-state index in [1.54, 1.807) is 6.07 Å². The number of rotatable bonds is 3. The predicted octanol–water partition coefficient (Wildman–Crippen LogP) is 2.42. The maximum absolute atomic E-state index is 12.2. The Balaban J connectivity index is 1.56. The highest BCUT2D eigenvalue weighted by atomic mass is 16.5. The number of ether oxygens (including phenoxy) is 1. The van der Waals surface area contributed by atoms with Crippen molar-refractivity contribution >= 4 is 5.71 Å². The third kappa shape index (κ3) is 1.90.